The molecule has 0 spiro atoms. The highest BCUT2D eigenvalue weighted by Crippen LogP contribution is 2.35. The van der Waals surface area contributed by atoms with E-state index in [2.05, 4.69) is 13.0 Å². The van der Waals surface area contributed by atoms with Crippen molar-refractivity contribution in [3.8, 4) is 0 Å². The summed E-state index contributed by atoms with van der Waals surface area (Å²) < 4.78 is 0. The summed E-state index contributed by atoms with van der Waals surface area (Å²) in [6.45, 7) is 2.17. The molecule has 1 aliphatic heterocycles. The number of hydrogen-bond acceptors (Lipinski definition) is 3. The second-order valence-electron chi connectivity index (χ2n) is 4.06. The lowest BCUT2D eigenvalue weighted by molar-refractivity contribution is 0.168. The molecule has 1 aromatic rings. The van der Waals surface area contributed by atoms with Crippen molar-refractivity contribution in [3.05, 3.63) is 21.4 Å². The number of fused-ring (bicyclic) bond motifs is 1. The van der Waals surface area contributed by atoms with Crippen molar-refractivity contribution in [2.75, 3.05) is 5.75 Å². The van der Waals surface area contributed by atoms with Crippen LogP contribution in [0.3, 0.4) is 0 Å². The second-order valence-corrected chi connectivity index (χ2v) is 6.33. The van der Waals surface area contributed by atoms with E-state index >= 15 is 0 Å². The van der Waals surface area contributed by atoms with Crippen LogP contribution in [0.15, 0.2) is 6.07 Å². The number of rotatable bonds is 4. The predicted octanol–water partition coefficient (Wildman–Crippen LogP) is 3.76. The zero-order chi connectivity index (χ0) is 10.7. The molecule has 1 aromatic heterocycles. The van der Waals surface area contributed by atoms with Crippen LogP contribution in [0.2, 0.25) is 0 Å². The molecule has 2 heterocycles. The first-order valence-corrected chi connectivity index (χ1v) is 7.65. The summed E-state index contributed by atoms with van der Waals surface area (Å²) in [6, 6.07) is 2.23. The summed E-state index contributed by atoms with van der Waals surface area (Å²) in [5.74, 6) is 2.39. The van der Waals surface area contributed by atoms with E-state index in [0.29, 0.717) is 0 Å². The van der Waals surface area contributed by atoms with Crippen LogP contribution in [0.1, 0.15) is 47.6 Å². The molecule has 0 bridgehead atoms. The molecule has 0 radical (unpaired) electrons. The van der Waals surface area contributed by atoms with Crippen LogP contribution in [0, 0.1) is 0 Å². The highest BCUT2D eigenvalue weighted by atomic mass is 32.2. The summed E-state index contributed by atoms with van der Waals surface area (Å²) in [5, 5.41) is 10.0. The Labute approximate surface area is 99.9 Å². The maximum Gasteiger partial charge on any atom is 0.0882 e. The third kappa shape index (κ3) is 2.77. The van der Waals surface area contributed by atoms with E-state index in [9.17, 15) is 5.11 Å². The Hall–Kier alpha value is 0.01000. The fourth-order valence-corrected chi connectivity index (χ4v) is 4.27. The number of hydrogen-bond donors (Lipinski definition) is 1. The van der Waals surface area contributed by atoms with Crippen LogP contribution >= 0.6 is 23.1 Å². The molecule has 0 saturated heterocycles. The number of aryl methyl sites for hydroxylation is 1. The third-order valence-electron chi connectivity index (χ3n) is 2.81. The van der Waals surface area contributed by atoms with E-state index in [1.54, 1.807) is 0 Å². The minimum absolute atomic E-state index is 0.217. The van der Waals surface area contributed by atoms with E-state index in [1.165, 1.54) is 27.5 Å². The summed E-state index contributed by atoms with van der Waals surface area (Å²) in [4.78, 5) is 2.70. The molecule has 1 N–H and O–H groups in total. The van der Waals surface area contributed by atoms with Gasteiger partial charge in [-0.15, -0.1) is 11.3 Å². The molecule has 1 aliphatic rings. The van der Waals surface area contributed by atoms with Gasteiger partial charge in [-0.05, 0) is 30.2 Å². The Kier molecular flexibility index (Phi) is 4.12. The summed E-state index contributed by atoms with van der Waals surface area (Å²) >= 11 is 3.84. The minimum Gasteiger partial charge on any atom is -0.388 e. The highest BCUT2D eigenvalue weighted by Gasteiger charge is 2.17. The number of unbranched alkanes of at least 4 members (excludes halogenated alkanes) is 1. The van der Waals surface area contributed by atoms with Gasteiger partial charge in [-0.3, -0.25) is 0 Å². The third-order valence-corrected chi connectivity index (χ3v) is 5.15. The number of aliphatic hydroxyl groups excluding tert-OH is 1. The van der Waals surface area contributed by atoms with Gasteiger partial charge in [-0.25, -0.2) is 0 Å². The van der Waals surface area contributed by atoms with Gasteiger partial charge in [0, 0.05) is 15.5 Å². The van der Waals surface area contributed by atoms with Gasteiger partial charge in [-0.1, -0.05) is 19.8 Å². The first-order chi connectivity index (χ1) is 7.31. The topological polar surface area (TPSA) is 20.2 Å². The lowest BCUT2D eigenvalue weighted by atomic mass is 10.1. The molecule has 0 fully saturated rings. The highest BCUT2D eigenvalue weighted by molar-refractivity contribution is 7.98. The van der Waals surface area contributed by atoms with E-state index < -0.39 is 0 Å². The molecule has 0 saturated carbocycles. The summed E-state index contributed by atoms with van der Waals surface area (Å²) in [6.07, 6.45) is 4.19. The van der Waals surface area contributed by atoms with Gasteiger partial charge in [0.1, 0.15) is 0 Å². The number of aliphatic hydroxyl groups is 1. The molecule has 1 nitrogen and oxygen atoms in total. The molecule has 0 aliphatic carbocycles. The molecule has 0 amide bonds. The van der Waals surface area contributed by atoms with E-state index in [-0.39, 0.29) is 6.10 Å². The average molecular weight is 242 g/mol. The van der Waals surface area contributed by atoms with Crippen molar-refractivity contribution < 1.29 is 5.11 Å². The van der Waals surface area contributed by atoms with Gasteiger partial charge in [0.05, 0.1) is 6.10 Å². The minimum atomic E-state index is -0.217. The Morgan fingerprint density at radius 1 is 1.53 bits per heavy atom. The van der Waals surface area contributed by atoms with E-state index in [4.69, 9.17) is 0 Å². The van der Waals surface area contributed by atoms with E-state index in [1.807, 2.05) is 23.1 Å². The van der Waals surface area contributed by atoms with Gasteiger partial charge >= 0.3 is 0 Å². The first kappa shape index (κ1) is 11.5. The molecular weight excluding hydrogens is 224 g/mol. The number of thioether (sulfide) groups is 1. The quantitative estimate of drug-likeness (QED) is 0.867. The Morgan fingerprint density at radius 2 is 2.40 bits per heavy atom. The zero-order valence-electron chi connectivity index (χ0n) is 9.16. The normalized spacial score (nSPS) is 17.5. The summed E-state index contributed by atoms with van der Waals surface area (Å²) in [5.41, 5.74) is 1.47. The fraction of sp³-hybridized carbons (Fsp3) is 0.667. The Balaban J connectivity index is 2.05. The van der Waals surface area contributed by atoms with Crippen molar-refractivity contribution in [1.82, 2.24) is 0 Å². The fourth-order valence-electron chi connectivity index (χ4n) is 1.87. The van der Waals surface area contributed by atoms with Crippen molar-refractivity contribution in [2.24, 2.45) is 0 Å². The Morgan fingerprint density at radius 3 is 3.13 bits per heavy atom. The monoisotopic (exact) mass is 242 g/mol. The maximum absolute atomic E-state index is 10.0. The molecule has 1 unspecified atom stereocenters. The predicted molar refractivity (Wildman–Crippen MR) is 68.7 cm³/mol. The molecule has 2 rings (SSSR count). The van der Waals surface area contributed by atoms with Crippen molar-refractivity contribution >= 4 is 23.1 Å². The van der Waals surface area contributed by atoms with Crippen LogP contribution in [-0.2, 0) is 12.2 Å². The maximum atomic E-state index is 10.0. The van der Waals surface area contributed by atoms with Crippen molar-refractivity contribution in [1.29, 1.82) is 0 Å². The van der Waals surface area contributed by atoms with E-state index in [0.717, 1.165) is 25.0 Å². The second kappa shape index (κ2) is 5.37. The lowest BCUT2D eigenvalue weighted by Gasteiger charge is -2.08. The largest absolute Gasteiger partial charge is 0.388 e. The SMILES string of the molecule is CCCCC(O)c1cc2c(s1)CCSC2. The van der Waals surface area contributed by atoms with Crippen LogP contribution in [-0.4, -0.2) is 10.9 Å². The molecule has 84 valence electrons. The van der Waals surface area contributed by atoms with Crippen LogP contribution in [0.25, 0.3) is 0 Å². The van der Waals surface area contributed by atoms with Crippen LogP contribution < -0.4 is 0 Å². The molecular formula is C12H18OS2. The van der Waals surface area contributed by atoms with Crippen LogP contribution in [0.5, 0.6) is 0 Å². The zero-order valence-corrected chi connectivity index (χ0v) is 10.8. The lowest BCUT2D eigenvalue weighted by Crippen LogP contribution is -1.96. The van der Waals surface area contributed by atoms with Gasteiger partial charge in [0.15, 0.2) is 0 Å². The van der Waals surface area contributed by atoms with Gasteiger partial charge in [0.2, 0.25) is 0 Å². The standard InChI is InChI=1S/C12H18OS2/c1-2-3-4-10(13)12-7-9-8-14-6-5-11(9)15-12/h7,10,13H,2-6,8H2,1H3. The van der Waals surface area contributed by atoms with Crippen molar-refractivity contribution in [2.45, 2.75) is 44.5 Å². The van der Waals surface area contributed by atoms with Gasteiger partial charge < -0.3 is 5.11 Å². The smallest absolute Gasteiger partial charge is 0.0882 e. The van der Waals surface area contributed by atoms with Gasteiger partial charge in [-0.2, -0.15) is 11.8 Å². The van der Waals surface area contributed by atoms with Gasteiger partial charge in [0.25, 0.3) is 0 Å². The Bertz CT molecular complexity index is 296. The van der Waals surface area contributed by atoms with Crippen molar-refractivity contribution in [3.63, 3.8) is 0 Å². The molecule has 0 aromatic carbocycles. The van der Waals surface area contributed by atoms with Crippen LogP contribution in [0.4, 0.5) is 0 Å². The average Bonchev–Trinajstić information content (AvgIpc) is 2.69. The summed E-state index contributed by atoms with van der Waals surface area (Å²) in [7, 11) is 0. The molecule has 3 heteroatoms. The first-order valence-electron chi connectivity index (χ1n) is 5.68. The number of thiophene rings is 1. The molecule has 15 heavy (non-hydrogen) atoms. The molecule has 1 atom stereocenters.